The van der Waals surface area contributed by atoms with Crippen LogP contribution >= 0.6 is 11.3 Å². The normalized spacial score (nSPS) is 20.5. The van der Waals surface area contributed by atoms with Crippen molar-refractivity contribution >= 4 is 27.4 Å². The molecule has 2 fully saturated rings. The average molecular weight is 479 g/mol. The summed E-state index contributed by atoms with van der Waals surface area (Å²) in [5, 5.41) is 5.13. The molecule has 178 valence electrons. The second-order valence-corrected chi connectivity index (χ2v) is 10.9. The highest BCUT2D eigenvalue weighted by Gasteiger charge is 2.50. The van der Waals surface area contributed by atoms with E-state index < -0.39 is 12.6 Å². The van der Waals surface area contributed by atoms with Gasteiger partial charge in [-0.2, -0.15) is 18.3 Å². The smallest absolute Gasteiger partial charge is 0.355 e. The van der Waals surface area contributed by atoms with Gasteiger partial charge in [0.05, 0.1) is 18.0 Å². The molecule has 0 radical (unpaired) electrons. The summed E-state index contributed by atoms with van der Waals surface area (Å²) in [4.78, 5) is 14.4. The van der Waals surface area contributed by atoms with Crippen molar-refractivity contribution in [1.82, 2.24) is 24.6 Å². The van der Waals surface area contributed by atoms with Crippen LogP contribution in [0.4, 0.5) is 19.0 Å². The van der Waals surface area contributed by atoms with E-state index in [0.717, 1.165) is 61.6 Å². The number of hydrogen-bond donors (Lipinski definition) is 0. The van der Waals surface area contributed by atoms with Gasteiger partial charge in [-0.05, 0) is 18.4 Å². The molecule has 0 N–H and O–H groups in total. The lowest BCUT2D eigenvalue weighted by atomic mass is 9.76. The van der Waals surface area contributed by atoms with Gasteiger partial charge in [0.25, 0.3) is 0 Å². The molecule has 3 aromatic rings. The summed E-state index contributed by atoms with van der Waals surface area (Å²) in [7, 11) is 1.95. The van der Waals surface area contributed by atoms with E-state index in [1.807, 2.05) is 17.9 Å². The van der Waals surface area contributed by atoms with Gasteiger partial charge in [-0.3, -0.25) is 9.58 Å². The minimum atomic E-state index is -4.22. The third kappa shape index (κ3) is 4.35. The molecule has 2 aliphatic rings. The van der Waals surface area contributed by atoms with Gasteiger partial charge in [0.15, 0.2) is 0 Å². The predicted molar refractivity (Wildman–Crippen MR) is 123 cm³/mol. The summed E-state index contributed by atoms with van der Waals surface area (Å²) < 4.78 is 40.5. The number of fused-ring (bicyclic) bond motifs is 1. The van der Waals surface area contributed by atoms with E-state index in [4.69, 9.17) is 0 Å². The Morgan fingerprint density at radius 2 is 2.00 bits per heavy atom. The van der Waals surface area contributed by atoms with Crippen LogP contribution in [0.5, 0.6) is 0 Å². The van der Waals surface area contributed by atoms with Gasteiger partial charge in [0.2, 0.25) is 0 Å². The Morgan fingerprint density at radius 3 is 2.67 bits per heavy atom. The highest BCUT2D eigenvalue weighted by Crippen LogP contribution is 2.47. The molecule has 0 aliphatic carbocycles. The van der Waals surface area contributed by atoms with Crippen LogP contribution in [-0.4, -0.2) is 57.0 Å². The molecular formula is C23H29F3N6S. The Labute approximate surface area is 195 Å². The molecule has 3 aromatic heterocycles. The minimum absolute atomic E-state index is 0.204. The van der Waals surface area contributed by atoms with Gasteiger partial charge in [0.1, 0.15) is 17.0 Å². The Hall–Kier alpha value is -2.20. The number of aryl methyl sites for hydroxylation is 1. The van der Waals surface area contributed by atoms with E-state index in [-0.39, 0.29) is 10.3 Å². The maximum Gasteiger partial charge on any atom is 0.393 e. The lowest BCUT2D eigenvalue weighted by Gasteiger charge is -2.52. The van der Waals surface area contributed by atoms with Gasteiger partial charge in [-0.25, -0.2) is 9.97 Å². The van der Waals surface area contributed by atoms with E-state index in [0.29, 0.717) is 16.8 Å². The van der Waals surface area contributed by atoms with Gasteiger partial charge >= 0.3 is 6.18 Å². The van der Waals surface area contributed by atoms with Crippen molar-refractivity contribution in [2.24, 2.45) is 18.4 Å². The van der Waals surface area contributed by atoms with Crippen LogP contribution in [0.15, 0.2) is 24.8 Å². The number of halogens is 3. The fourth-order valence-electron chi connectivity index (χ4n) is 5.53. The summed E-state index contributed by atoms with van der Waals surface area (Å²) >= 11 is 1.11. The molecule has 0 saturated carbocycles. The largest absolute Gasteiger partial charge is 0.393 e. The van der Waals surface area contributed by atoms with Crippen molar-refractivity contribution < 1.29 is 13.2 Å². The van der Waals surface area contributed by atoms with Crippen LogP contribution in [0.2, 0.25) is 0 Å². The highest BCUT2D eigenvalue weighted by molar-refractivity contribution is 7.18. The van der Waals surface area contributed by atoms with E-state index in [1.54, 1.807) is 6.07 Å². The molecule has 2 aliphatic heterocycles. The zero-order chi connectivity index (χ0) is 23.4. The Bertz CT molecular complexity index is 1130. The maximum absolute atomic E-state index is 12.9. The first-order valence-corrected chi connectivity index (χ1v) is 12.3. The van der Waals surface area contributed by atoms with Crippen LogP contribution in [0.25, 0.3) is 10.2 Å². The molecule has 0 unspecified atom stereocenters. The molecule has 0 bridgehead atoms. The molecule has 2 saturated heterocycles. The summed E-state index contributed by atoms with van der Waals surface area (Å²) in [6.07, 6.45) is 2.61. The third-order valence-electron chi connectivity index (χ3n) is 7.19. The molecule has 5 heterocycles. The molecular weight excluding hydrogens is 449 g/mol. The lowest BCUT2D eigenvalue weighted by molar-refractivity contribution is -0.126. The SMILES string of the molecule is CC[C@@H](C)[C@@H](c1cnn(C)c1)N1CC2(CCN(c3ncnc4sc(CC(F)(F)F)cc34)C2)C1. The third-order valence-corrected chi connectivity index (χ3v) is 8.23. The second-order valence-electron chi connectivity index (χ2n) is 9.78. The molecule has 0 amide bonds. The molecule has 33 heavy (non-hydrogen) atoms. The van der Waals surface area contributed by atoms with Crippen LogP contribution in [0.3, 0.4) is 0 Å². The number of thiophene rings is 1. The maximum atomic E-state index is 12.9. The quantitative estimate of drug-likeness (QED) is 0.508. The van der Waals surface area contributed by atoms with Crippen molar-refractivity contribution in [1.29, 1.82) is 0 Å². The zero-order valence-corrected chi connectivity index (χ0v) is 20.0. The first kappa shape index (κ1) is 22.6. The minimum Gasteiger partial charge on any atom is -0.355 e. The predicted octanol–water partition coefficient (Wildman–Crippen LogP) is 4.83. The van der Waals surface area contributed by atoms with E-state index in [9.17, 15) is 13.2 Å². The molecule has 1 spiro atoms. The Balaban J connectivity index is 1.32. The zero-order valence-electron chi connectivity index (χ0n) is 19.1. The number of likely N-dealkylation sites (tertiary alicyclic amines) is 1. The van der Waals surface area contributed by atoms with Crippen LogP contribution in [0.1, 0.15) is 43.2 Å². The summed E-state index contributed by atoms with van der Waals surface area (Å²) in [6.45, 7) is 8.31. The number of hydrogen-bond acceptors (Lipinski definition) is 6. The first-order chi connectivity index (χ1) is 15.7. The lowest BCUT2D eigenvalue weighted by Crippen LogP contribution is -2.59. The topological polar surface area (TPSA) is 50.1 Å². The van der Waals surface area contributed by atoms with Crippen molar-refractivity contribution in [3.63, 3.8) is 0 Å². The van der Waals surface area contributed by atoms with Crippen molar-refractivity contribution in [2.45, 2.75) is 45.3 Å². The van der Waals surface area contributed by atoms with Gasteiger partial charge in [-0.15, -0.1) is 11.3 Å². The van der Waals surface area contributed by atoms with Crippen LogP contribution in [-0.2, 0) is 13.5 Å². The van der Waals surface area contributed by atoms with Gasteiger partial charge < -0.3 is 4.90 Å². The number of anilines is 1. The van der Waals surface area contributed by atoms with Crippen molar-refractivity contribution in [2.75, 3.05) is 31.1 Å². The standard InChI is InChI=1S/C23H29F3N6S/c1-4-15(2)19(16-9-29-30(3)10-16)32-12-22(13-32)5-6-31(11-22)20-18-7-17(8-23(24,25)26)33-21(18)28-14-27-20/h7,9-10,14-15,19H,4-6,8,11-13H2,1-3H3/t15-,19+/m1/s1. The van der Waals surface area contributed by atoms with Gasteiger partial charge in [-0.1, -0.05) is 20.3 Å². The van der Waals surface area contributed by atoms with Crippen molar-refractivity contribution in [3.8, 4) is 0 Å². The summed E-state index contributed by atoms with van der Waals surface area (Å²) in [5.41, 5.74) is 1.47. The fourth-order valence-corrected chi connectivity index (χ4v) is 6.55. The van der Waals surface area contributed by atoms with E-state index in [1.165, 1.54) is 11.9 Å². The van der Waals surface area contributed by atoms with Crippen LogP contribution in [0, 0.1) is 11.3 Å². The summed E-state index contributed by atoms with van der Waals surface area (Å²) in [5.74, 6) is 1.30. The fraction of sp³-hybridized carbons (Fsp3) is 0.609. The number of aromatic nitrogens is 4. The van der Waals surface area contributed by atoms with Gasteiger partial charge in [0, 0.05) is 61.3 Å². The molecule has 6 nitrogen and oxygen atoms in total. The van der Waals surface area contributed by atoms with E-state index in [2.05, 4.69) is 44.9 Å². The van der Waals surface area contributed by atoms with Crippen molar-refractivity contribution in [3.05, 3.63) is 35.2 Å². The highest BCUT2D eigenvalue weighted by atomic mass is 32.1. The van der Waals surface area contributed by atoms with E-state index >= 15 is 0 Å². The monoisotopic (exact) mass is 478 g/mol. The number of rotatable bonds is 6. The molecule has 2 atom stereocenters. The molecule has 0 aromatic carbocycles. The molecule has 10 heteroatoms. The average Bonchev–Trinajstić information content (AvgIpc) is 3.44. The Kier molecular flexibility index (Phi) is 5.63. The molecule has 5 rings (SSSR count). The first-order valence-electron chi connectivity index (χ1n) is 11.4. The number of alkyl halides is 3. The second kappa shape index (κ2) is 8.23. The summed E-state index contributed by atoms with van der Waals surface area (Å²) in [6, 6.07) is 1.98. The number of nitrogens with zero attached hydrogens (tertiary/aromatic N) is 6. The Morgan fingerprint density at radius 1 is 1.21 bits per heavy atom. The van der Waals surface area contributed by atoms with Crippen LogP contribution < -0.4 is 4.90 Å².